The van der Waals surface area contributed by atoms with Crippen molar-refractivity contribution in [1.29, 1.82) is 0 Å². The highest BCUT2D eigenvalue weighted by atomic mass is 19.4. The average Bonchev–Trinajstić information content (AvgIpc) is 3.32. The molecule has 0 saturated heterocycles. The van der Waals surface area contributed by atoms with Crippen molar-refractivity contribution in [2.75, 3.05) is 0 Å². The second-order valence-corrected chi connectivity index (χ2v) is 8.08. The minimum Gasteiger partial charge on any atom is -0.491 e. The van der Waals surface area contributed by atoms with Gasteiger partial charge in [-0.25, -0.2) is 19.6 Å². The fourth-order valence-corrected chi connectivity index (χ4v) is 2.76. The summed E-state index contributed by atoms with van der Waals surface area (Å²) in [5, 5.41) is 14.2. The number of carbonyl (C=O) groups is 2. The van der Waals surface area contributed by atoms with Crippen LogP contribution < -0.4 is 9.47 Å². The molecule has 1 aromatic carbocycles. The number of imidazole rings is 1. The van der Waals surface area contributed by atoms with Crippen LogP contribution in [-0.2, 0) is 16.2 Å². The molecule has 0 atom stereocenters. The predicted octanol–water partition coefficient (Wildman–Crippen LogP) is 5.65. The monoisotopic (exact) mass is 588 g/mol. The Balaban J connectivity index is 0.000000349. The molecule has 0 radical (unpaired) electrons. The normalized spacial score (nSPS) is 11.1. The van der Waals surface area contributed by atoms with E-state index in [0.29, 0.717) is 18.0 Å². The van der Waals surface area contributed by atoms with Crippen LogP contribution in [0.15, 0.2) is 61.1 Å². The zero-order valence-corrected chi connectivity index (χ0v) is 21.2. The van der Waals surface area contributed by atoms with E-state index >= 15 is 0 Å². The fourth-order valence-electron chi connectivity index (χ4n) is 2.76. The summed E-state index contributed by atoms with van der Waals surface area (Å²) in [6, 6.07) is 13.5. The van der Waals surface area contributed by atoms with E-state index in [1.807, 2.05) is 56.3 Å². The van der Waals surface area contributed by atoms with Crippen molar-refractivity contribution >= 4 is 23.1 Å². The number of ether oxygens (including phenoxy) is 2. The zero-order valence-electron chi connectivity index (χ0n) is 21.2. The van der Waals surface area contributed by atoms with Gasteiger partial charge in [0, 0.05) is 35.8 Å². The topological polar surface area (TPSA) is 148 Å². The predicted molar refractivity (Wildman–Crippen MR) is 131 cm³/mol. The number of aliphatic carboxylic acids is 2. The molecule has 220 valence electrons. The molecule has 0 spiro atoms. The van der Waals surface area contributed by atoms with Crippen molar-refractivity contribution in [2.24, 2.45) is 0 Å². The average molecular weight is 588 g/mol. The van der Waals surface area contributed by atoms with E-state index in [1.165, 1.54) is 0 Å². The Kier molecular flexibility index (Phi) is 11.0. The number of carboxylic acids is 2. The van der Waals surface area contributed by atoms with Crippen molar-refractivity contribution in [3.05, 3.63) is 66.6 Å². The number of H-pyrrole nitrogens is 1. The van der Waals surface area contributed by atoms with Crippen LogP contribution in [0.4, 0.5) is 26.3 Å². The van der Waals surface area contributed by atoms with Gasteiger partial charge in [-0.2, -0.15) is 26.3 Å². The van der Waals surface area contributed by atoms with Gasteiger partial charge in [0.15, 0.2) is 5.65 Å². The third kappa shape index (κ3) is 11.0. The third-order valence-corrected chi connectivity index (χ3v) is 4.40. The number of nitrogens with zero attached hydrogens (tertiary/aromatic N) is 3. The van der Waals surface area contributed by atoms with Crippen molar-refractivity contribution < 1.29 is 55.6 Å². The van der Waals surface area contributed by atoms with E-state index in [4.69, 9.17) is 29.3 Å². The number of rotatable bonds is 6. The maximum absolute atomic E-state index is 10.6. The molecule has 3 N–H and O–H groups in total. The lowest BCUT2D eigenvalue weighted by molar-refractivity contribution is -0.193. The van der Waals surface area contributed by atoms with E-state index in [-0.39, 0.29) is 6.10 Å². The molecule has 0 saturated carbocycles. The number of aromatic amines is 1. The molecule has 3 heterocycles. The summed E-state index contributed by atoms with van der Waals surface area (Å²) in [5.74, 6) is -3.35. The van der Waals surface area contributed by atoms with E-state index in [1.54, 1.807) is 18.6 Å². The molecule has 0 unspecified atom stereocenters. The molecule has 41 heavy (non-hydrogen) atoms. The number of benzene rings is 1. The van der Waals surface area contributed by atoms with Gasteiger partial charge in [-0.3, -0.25) is 4.98 Å². The number of hydrogen-bond acceptors (Lipinski definition) is 7. The molecular formula is C25H22F6N4O6. The van der Waals surface area contributed by atoms with E-state index in [9.17, 15) is 26.3 Å². The molecule has 4 aromatic rings. The number of aromatic nitrogens is 4. The molecule has 0 fully saturated rings. The number of halogens is 6. The molecule has 0 aliphatic carbocycles. The first-order chi connectivity index (χ1) is 19.1. The number of fused-ring (bicyclic) bond motifs is 1. The van der Waals surface area contributed by atoms with Gasteiger partial charge in [-0.15, -0.1) is 0 Å². The second-order valence-electron chi connectivity index (χ2n) is 8.08. The van der Waals surface area contributed by atoms with Gasteiger partial charge in [0.1, 0.15) is 23.9 Å². The molecule has 0 bridgehead atoms. The molecule has 0 amide bonds. The number of pyridine rings is 2. The van der Waals surface area contributed by atoms with Gasteiger partial charge in [-0.05, 0) is 44.2 Å². The van der Waals surface area contributed by atoms with Crippen molar-refractivity contribution in [2.45, 2.75) is 38.9 Å². The molecule has 16 heteroatoms. The number of hydrogen-bond donors (Lipinski definition) is 3. The Hall–Kier alpha value is -4.89. The Morgan fingerprint density at radius 1 is 0.927 bits per heavy atom. The van der Waals surface area contributed by atoms with Crippen LogP contribution in [0, 0.1) is 0 Å². The minimum atomic E-state index is -5.08. The standard InChI is InChI=1S/C21H20N4O2.2C2HF3O2/c1-14(2)27-18-10-16(20-24-19-6-4-8-23-21(19)25-20)9-17(11-18)26-13-15-5-3-7-22-12-15;2*3-2(4,5)1(6)7/h3-12,14H,13H2,1-2H3,(H,23,24,25);2*(H,6,7). The van der Waals surface area contributed by atoms with Crippen molar-refractivity contribution in [3.8, 4) is 22.9 Å². The molecule has 3 aromatic heterocycles. The zero-order chi connectivity index (χ0) is 30.8. The Morgan fingerprint density at radius 2 is 1.51 bits per heavy atom. The van der Waals surface area contributed by atoms with Crippen LogP contribution in [0.25, 0.3) is 22.6 Å². The lowest BCUT2D eigenvalue weighted by Crippen LogP contribution is -2.21. The number of nitrogens with one attached hydrogen (secondary N) is 1. The first kappa shape index (κ1) is 32.3. The largest absolute Gasteiger partial charge is 0.491 e. The molecule has 0 aliphatic heterocycles. The SMILES string of the molecule is CC(C)Oc1cc(OCc2cccnc2)cc(-c2nc3ncccc3[nH]2)c1.O=C(O)C(F)(F)F.O=C(O)C(F)(F)F. The number of alkyl halides is 6. The van der Waals surface area contributed by atoms with Crippen LogP contribution in [0.3, 0.4) is 0 Å². The lowest BCUT2D eigenvalue weighted by Gasteiger charge is -2.13. The summed E-state index contributed by atoms with van der Waals surface area (Å²) in [5.41, 5.74) is 3.45. The van der Waals surface area contributed by atoms with E-state index in [2.05, 4.69) is 19.9 Å². The molecule has 4 rings (SSSR count). The quantitative estimate of drug-likeness (QED) is 0.243. The Morgan fingerprint density at radius 3 is 2.02 bits per heavy atom. The molecule has 10 nitrogen and oxygen atoms in total. The number of carboxylic acid groups (broad SMARTS) is 2. The highest BCUT2D eigenvalue weighted by molar-refractivity contribution is 5.76. The van der Waals surface area contributed by atoms with Crippen molar-refractivity contribution in [3.63, 3.8) is 0 Å². The smallest absolute Gasteiger partial charge is 0.490 e. The highest BCUT2D eigenvalue weighted by Gasteiger charge is 2.38. The molecular weight excluding hydrogens is 566 g/mol. The summed E-state index contributed by atoms with van der Waals surface area (Å²) in [4.78, 5) is 34.1. The maximum atomic E-state index is 10.6. The van der Waals surface area contributed by atoms with Gasteiger partial charge < -0.3 is 24.7 Å². The Labute approximate surface area is 227 Å². The highest BCUT2D eigenvalue weighted by Crippen LogP contribution is 2.30. The first-order valence-electron chi connectivity index (χ1n) is 11.3. The maximum Gasteiger partial charge on any atom is 0.490 e. The van der Waals surface area contributed by atoms with Gasteiger partial charge in [0.25, 0.3) is 0 Å². The summed E-state index contributed by atoms with van der Waals surface area (Å²) >= 11 is 0. The van der Waals surface area contributed by atoms with Crippen LogP contribution in [0.2, 0.25) is 0 Å². The van der Waals surface area contributed by atoms with Gasteiger partial charge in [0.2, 0.25) is 0 Å². The molecule has 0 aliphatic rings. The third-order valence-electron chi connectivity index (χ3n) is 4.40. The summed E-state index contributed by atoms with van der Waals surface area (Å²) in [6.07, 6.45) is -4.84. The summed E-state index contributed by atoms with van der Waals surface area (Å²) < 4.78 is 75.3. The summed E-state index contributed by atoms with van der Waals surface area (Å²) in [6.45, 7) is 4.42. The summed E-state index contributed by atoms with van der Waals surface area (Å²) in [7, 11) is 0. The first-order valence-corrected chi connectivity index (χ1v) is 11.3. The van der Waals surface area contributed by atoms with E-state index < -0.39 is 24.3 Å². The van der Waals surface area contributed by atoms with Gasteiger partial charge in [-0.1, -0.05) is 6.07 Å². The fraction of sp³-hybridized carbons (Fsp3) is 0.240. The van der Waals surface area contributed by atoms with E-state index in [0.717, 1.165) is 28.2 Å². The minimum absolute atomic E-state index is 0.0590. The van der Waals surface area contributed by atoms with Gasteiger partial charge >= 0.3 is 24.3 Å². The Bertz CT molecular complexity index is 1390. The van der Waals surface area contributed by atoms with Crippen LogP contribution in [0.5, 0.6) is 11.5 Å². The lowest BCUT2D eigenvalue weighted by atomic mass is 10.2. The second kappa shape index (κ2) is 14.0. The van der Waals surface area contributed by atoms with Crippen LogP contribution in [0.1, 0.15) is 19.4 Å². The van der Waals surface area contributed by atoms with Gasteiger partial charge in [0.05, 0.1) is 11.6 Å². The van der Waals surface area contributed by atoms with Crippen LogP contribution >= 0.6 is 0 Å². The van der Waals surface area contributed by atoms with Crippen LogP contribution in [-0.4, -0.2) is 60.5 Å². The van der Waals surface area contributed by atoms with Crippen molar-refractivity contribution in [1.82, 2.24) is 19.9 Å².